The lowest BCUT2D eigenvalue weighted by molar-refractivity contribution is -0.141. The molecule has 92 valence electrons. The minimum atomic E-state index is -4.49. The average molecular weight is 256 g/mol. The van der Waals surface area contributed by atoms with Crippen LogP contribution in [-0.2, 0) is 12.7 Å². The predicted molar refractivity (Wildman–Crippen MR) is 55.1 cm³/mol. The highest BCUT2D eigenvalue weighted by Crippen LogP contribution is 2.33. The number of aromatic nitrogens is 2. The van der Waals surface area contributed by atoms with Gasteiger partial charge in [0.15, 0.2) is 5.69 Å². The van der Waals surface area contributed by atoms with Gasteiger partial charge >= 0.3 is 6.18 Å². The molecule has 0 spiro atoms. The second-order valence-electron chi connectivity index (χ2n) is 3.44. The van der Waals surface area contributed by atoms with E-state index in [0.29, 0.717) is 13.1 Å². The predicted octanol–water partition coefficient (Wildman–Crippen LogP) is 2.68. The fraction of sp³-hybridized carbons (Fsp3) is 0.667. The molecule has 0 aromatic carbocycles. The van der Waals surface area contributed by atoms with E-state index in [1.54, 1.807) is 0 Å². The Morgan fingerprint density at radius 3 is 2.50 bits per heavy atom. The molecule has 1 rings (SSSR count). The van der Waals surface area contributed by atoms with Crippen molar-refractivity contribution in [3.63, 3.8) is 0 Å². The Balaban J connectivity index is 2.56. The molecule has 0 atom stereocenters. The molecule has 0 amide bonds. The molecule has 0 bridgehead atoms. The van der Waals surface area contributed by atoms with Gasteiger partial charge in [-0.2, -0.15) is 18.3 Å². The van der Waals surface area contributed by atoms with Gasteiger partial charge in [0.05, 0.1) is 5.02 Å². The van der Waals surface area contributed by atoms with Crippen LogP contribution in [0.2, 0.25) is 5.02 Å². The number of aryl methyl sites for hydroxylation is 1. The number of nitrogens with zero attached hydrogens (tertiary/aromatic N) is 2. The van der Waals surface area contributed by atoms with Crippen LogP contribution in [0.3, 0.4) is 0 Å². The number of unbranched alkanes of at least 4 members (excludes halogenated alkanes) is 2. The third kappa shape index (κ3) is 3.68. The molecule has 2 N–H and O–H groups in total. The van der Waals surface area contributed by atoms with Gasteiger partial charge in [-0.3, -0.25) is 4.68 Å². The highest BCUT2D eigenvalue weighted by Gasteiger charge is 2.36. The molecule has 1 aromatic rings. The van der Waals surface area contributed by atoms with E-state index in [1.165, 1.54) is 10.9 Å². The summed E-state index contributed by atoms with van der Waals surface area (Å²) in [5.74, 6) is 0. The lowest BCUT2D eigenvalue weighted by atomic mass is 10.2. The van der Waals surface area contributed by atoms with E-state index in [2.05, 4.69) is 5.10 Å². The van der Waals surface area contributed by atoms with Gasteiger partial charge in [-0.1, -0.05) is 18.0 Å². The van der Waals surface area contributed by atoms with Crippen LogP contribution in [0.25, 0.3) is 0 Å². The van der Waals surface area contributed by atoms with Crippen molar-refractivity contribution in [3.05, 3.63) is 16.9 Å². The SMILES string of the molecule is NCCCCCn1cc(Cl)c(C(F)(F)F)n1. The van der Waals surface area contributed by atoms with Gasteiger partial charge in [-0.25, -0.2) is 0 Å². The van der Waals surface area contributed by atoms with Gasteiger partial charge in [-0.05, 0) is 19.4 Å². The Hall–Kier alpha value is -0.750. The minimum Gasteiger partial charge on any atom is -0.330 e. The summed E-state index contributed by atoms with van der Waals surface area (Å²) in [5, 5.41) is 3.05. The van der Waals surface area contributed by atoms with Crippen molar-refractivity contribution in [3.8, 4) is 0 Å². The maximum atomic E-state index is 12.3. The molecule has 0 radical (unpaired) electrons. The van der Waals surface area contributed by atoms with Gasteiger partial charge in [0, 0.05) is 12.7 Å². The molecule has 0 aliphatic carbocycles. The first-order chi connectivity index (χ1) is 7.45. The van der Waals surface area contributed by atoms with Crippen LogP contribution >= 0.6 is 11.6 Å². The van der Waals surface area contributed by atoms with Crippen LogP contribution in [0.5, 0.6) is 0 Å². The smallest absolute Gasteiger partial charge is 0.330 e. The van der Waals surface area contributed by atoms with E-state index in [9.17, 15) is 13.2 Å². The zero-order chi connectivity index (χ0) is 12.2. The van der Waals surface area contributed by atoms with Crippen molar-refractivity contribution >= 4 is 11.6 Å². The molecule has 16 heavy (non-hydrogen) atoms. The standard InChI is InChI=1S/C9H13ClF3N3/c10-7-6-16(5-3-1-2-4-14)15-8(7)9(11,12)13/h6H,1-5,14H2. The number of nitrogens with two attached hydrogens (primary N) is 1. The number of hydrogen-bond donors (Lipinski definition) is 1. The van der Waals surface area contributed by atoms with Gasteiger partial charge in [0.25, 0.3) is 0 Å². The van der Waals surface area contributed by atoms with Crippen molar-refractivity contribution in [2.24, 2.45) is 5.73 Å². The minimum absolute atomic E-state index is 0.355. The lowest BCUT2D eigenvalue weighted by Gasteiger charge is -2.02. The molecule has 7 heteroatoms. The summed E-state index contributed by atoms with van der Waals surface area (Å²) in [6.07, 6.45) is -0.810. The topological polar surface area (TPSA) is 43.8 Å². The summed E-state index contributed by atoms with van der Waals surface area (Å²) in [5.41, 5.74) is 4.28. The normalized spacial score (nSPS) is 12.1. The van der Waals surface area contributed by atoms with Crippen molar-refractivity contribution in [1.82, 2.24) is 9.78 Å². The van der Waals surface area contributed by atoms with Gasteiger partial charge < -0.3 is 5.73 Å². The van der Waals surface area contributed by atoms with Crippen molar-refractivity contribution in [2.45, 2.75) is 32.0 Å². The summed E-state index contributed by atoms with van der Waals surface area (Å²) >= 11 is 5.45. The van der Waals surface area contributed by atoms with E-state index >= 15 is 0 Å². The molecular formula is C9H13ClF3N3. The molecule has 0 saturated carbocycles. The van der Waals surface area contributed by atoms with Crippen LogP contribution in [0.15, 0.2) is 6.20 Å². The first-order valence-corrected chi connectivity index (χ1v) is 5.33. The Morgan fingerprint density at radius 2 is 2.00 bits per heavy atom. The number of hydrogen-bond acceptors (Lipinski definition) is 2. The monoisotopic (exact) mass is 255 g/mol. The van der Waals surface area contributed by atoms with Crippen LogP contribution in [0.1, 0.15) is 25.0 Å². The zero-order valence-electron chi connectivity index (χ0n) is 8.60. The molecule has 1 heterocycles. The Morgan fingerprint density at radius 1 is 1.31 bits per heavy atom. The van der Waals surface area contributed by atoms with Crippen molar-refractivity contribution in [1.29, 1.82) is 0 Å². The van der Waals surface area contributed by atoms with E-state index in [4.69, 9.17) is 17.3 Å². The molecule has 0 aliphatic heterocycles. The number of alkyl halides is 3. The van der Waals surface area contributed by atoms with E-state index < -0.39 is 11.9 Å². The quantitative estimate of drug-likeness (QED) is 0.822. The molecule has 3 nitrogen and oxygen atoms in total. The summed E-state index contributed by atoms with van der Waals surface area (Å²) in [7, 11) is 0. The van der Waals surface area contributed by atoms with Crippen molar-refractivity contribution < 1.29 is 13.2 Å². The summed E-state index contributed by atoms with van der Waals surface area (Å²) in [4.78, 5) is 0. The van der Waals surface area contributed by atoms with Gasteiger partial charge in [0.2, 0.25) is 0 Å². The fourth-order valence-electron chi connectivity index (χ4n) is 1.30. The van der Waals surface area contributed by atoms with E-state index in [-0.39, 0.29) is 5.02 Å². The fourth-order valence-corrected chi connectivity index (χ4v) is 1.56. The van der Waals surface area contributed by atoms with Crippen LogP contribution in [-0.4, -0.2) is 16.3 Å². The zero-order valence-corrected chi connectivity index (χ0v) is 9.35. The Labute approximate surface area is 96.4 Å². The molecule has 1 aromatic heterocycles. The third-order valence-electron chi connectivity index (χ3n) is 2.08. The first-order valence-electron chi connectivity index (χ1n) is 4.95. The molecule has 0 fully saturated rings. The first kappa shape index (κ1) is 13.3. The number of rotatable bonds is 5. The molecular weight excluding hydrogens is 243 g/mol. The highest BCUT2D eigenvalue weighted by molar-refractivity contribution is 6.31. The maximum absolute atomic E-state index is 12.3. The molecule has 0 unspecified atom stereocenters. The largest absolute Gasteiger partial charge is 0.436 e. The maximum Gasteiger partial charge on any atom is 0.436 e. The van der Waals surface area contributed by atoms with Gasteiger partial charge in [-0.15, -0.1) is 0 Å². The van der Waals surface area contributed by atoms with Crippen LogP contribution in [0, 0.1) is 0 Å². The van der Waals surface area contributed by atoms with E-state index in [1.807, 2.05) is 0 Å². The second kappa shape index (κ2) is 5.54. The molecule has 0 aliphatic rings. The highest BCUT2D eigenvalue weighted by atomic mass is 35.5. The van der Waals surface area contributed by atoms with Crippen molar-refractivity contribution in [2.75, 3.05) is 6.54 Å². The molecule has 0 saturated heterocycles. The second-order valence-corrected chi connectivity index (χ2v) is 3.84. The summed E-state index contributed by atoms with van der Waals surface area (Å²) in [6, 6.07) is 0. The van der Waals surface area contributed by atoms with Crippen LogP contribution < -0.4 is 5.73 Å². The summed E-state index contributed by atoms with van der Waals surface area (Å²) in [6.45, 7) is 1.02. The van der Waals surface area contributed by atoms with E-state index in [0.717, 1.165) is 19.3 Å². The van der Waals surface area contributed by atoms with Crippen LogP contribution in [0.4, 0.5) is 13.2 Å². The van der Waals surface area contributed by atoms with Gasteiger partial charge in [0.1, 0.15) is 0 Å². The average Bonchev–Trinajstić information content (AvgIpc) is 2.54. The number of halogens is 4. The Bertz CT molecular complexity index is 335. The summed E-state index contributed by atoms with van der Waals surface area (Å²) < 4.78 is 38.2. The lowest BCUT2D eigenvalue weighted by Crippen LogP contribution is -2.08. The Kier molecular flexibility index (Phi) is 4.61. The third-order valence-corrected chi connectivity index (χ3v) is 2.35.